The predicted octanol–water partition coefficient (Wildman–Crippen LogP) is 5.43. The molecule has 4 nitrogen and oxygen atoms in total. The maximum Gasteiger partial charge on any atom is 0.243 e. The molecular formula is C25H34N2O2S. The SMILES string of the molecule is CCCCCC(=O)N(CC(=O)N1CCc2sccc2C1c1ccccc1)C(C)CC. The van der Waals surface area contributed by atoms with Crippen LogP contribution >= 0.6 is 11.3 Å². The quantitative estimate of drug-likeness (QED) is 0.502. The third-order valence-corrected chi connectivity index (χ3v) is 7.14. The first-order valence-electron chi connectivity index (χ1n) is 11.3. The Labute approximate surface area is 184 Å². The van der Waals surface area contributed by atoms with Gasteiger partial charge < -0.3 is 9.80 Å². The van der Waals surface area contributed by atoms with Gasteiger partial charge in [0.05, 0.1) is 6.04 Å². The van der Waals surface area contributed by atoms with E-state index in [-0.39, 0.29) is 30.4 Å². The molecule has 0 saturated carbocycles. The van der Waals surface area contributed by atoms with Crippen LogP contribution in [0.2, 0.25) is 0 Å². The monoisotopic (exact) mass is 426 g/mol. The highest BCUT2D eigenvalue weighted by Crippen LogP contribution is 2.37. The number of fused-ring (bicyclic) bond motifs is 1. The van der Waals surface area contributed by atoms with Gasteiger partial charge in [0.25, 0.3) is 0 Å². The van der Waals surface area contributed by atoms with Crippen LogP contribution in [0.1, 0.15) is 74.9 Å². The summed E-state index contributed by atoms with van der Waals surface area (Å²) in [4.78, 5) is 31.6. The van der Waals surface area contributed by atoms with Gasteiger partial charge >= 0.3 is 0 Å². The van der Waals surface area contributed by atoms with Crippen LogP contribution in [0.25, 0.3) is 0 Å². The lowest BCUT2D eigenvalue weighted by atomic mass is 9.93. The Morgan fingerprint density at radius 3 is 2.63 bits per heavy atom. The summed E-state index contributed by atoms with van der Waals surface area (Å²) in [5, 5.41) is 2.12. The summed E-state index contributed by atoms with van der Waals surface area (Å²) < 4.78 is 0. The van der Waals surface area contributed by atoms with Crippen molar-refractivity contribution >= 4 is 23.2 Å². The van der Waals surface area contributed by atoms with Gasteiger partial charge in [-0.15, -0.1) is 11.3 Å². The second kappa shape index (κ2) is 10.8. The van der Waals surface area contributed by atoms with Gasteiger partial charge in [0, 0.05) is 23.9 Å². The summed E-state index contributed by atoms with van der Waals surface area (Å²) in [7, 11) is 0. The van der Waals surface area contributed by atoms with Gasteiger partial charge in [0.1, 0.15) is 6.54 Å². The lowest BCUT2D eigenvalue weighted by Crippen LogP contribution is -2.49. The fraction of sp³-hybridized carbons (Fsp3) is 0.520. The topological polar surface area (TPSA) is 40.6 Å². The molecule has 1 aromatic heterocycles. The molecule has 2 heterocycles. The van der Waals surface area contributed by atoms with E-state index in [9.17, 15) is 9.59 Å². The Balaban J connectivity index is 1.81. The molecule has 5 heteroatoms. The Hall–Kier alpha value is -2.14. The van der Waals surface area contributed by atoms with E-state index >= 15 is 0 Å². The molecule has 30 heavy (non-hydrogen) atoms. The Bertz CT molecular complexity index is 833. The molecule has 2 amide bonds. The lowest BCUT2D eigenvalue weighted by Gasteiger charge is -2.38. The van der Waals surface area contributed by atoms with Crippen LogP contribution in [0.4, 0.5) is 0 Å². The molecule has 0 radical (unpaired) electrons. The van der Waals surface area contributed by atoms with Crippen molar-refractivity contribution in [2.45, 2.75) is 71.4 Å². The second-order valence-electron chi connectivity index (χ2n) is 8.19. The van der Waals surface area contributed by atoms with E-state index in [0.717, 1.165) is 37.7 Å². The minimum atomic E-state index is -0.0670. The molecule has 162 valence electrons. The summed E-state index contributed by atoms with van der Waals surface area (Å²) in [5.41, 5.74) is 2.37. The van der Waals surface area contributed by atoms with Crippen LogP contribution in [-0.4, -0.2) is 40.7 Å². The first kappa shape index (κ1) is 22.5. The molecule has 2 atom stereocenters. The molecule has 2 unspecified atom stereocenters. The third-order valence-electron chi connectivity index (χ3n) is 6.14. The highest BCUT2D eigenvalue weighted by molar-refractivity contribution is 7.10. The molecule has 0 fully saturated rings. The van der Waals surface area contributed by atoms with Crippen LogP contribution in [0, 0.1) is 0 Å². The second-order valence-corrected chi connectivity index (χ2v) is 9.19. The van der Waals surface area contributed by atoms with Gasteiger partial charge in [-0.3, -0.25) is 9.59 Å². The molecule has 0 N–H and O–H groups in total. The average molecular weight is 427 g/mol. The molecule has 1 aliphatic heterocycles. The molecule has 1 aliphatic rings. The number of rotatable bonds is 9. The van der Waals surface area contributed by atoms with Gasteiger partial charge in [-0.25, -0.2) is 0 Å². The van der Waals surface area contributed by atoms with Crippen LogP contribution < -0.4 is 0 Å². The number of carbonyl (C=O) groups is 2. The molecule has 1 aromatic carbocycles. The van der Waals surface area contributed by atoms with E-state index in [1.54, 1.807) is 11.3 Å². The summed E-state index contributed by atoms with van der Waals surface area (Å²) in [6.07, 6.45) is 5.30. The normalized spacial score (nSPS) is 16.8. The third kappa shape index (κ3) is 5.12. The van der Waals surface area contributed by atoms with Crippen molar-refractivity contribution in [3.05, 3.63) is 57.8 Å². The van der Waals surface area contributed by atoms with E-state index in [4.69, 9.17) is 0 Å². The van der Waals surface area contributed by atoms with Crippen LogP contribution in [0.5, 0.6) is 0 Å². The Morgan fingerprint density at radius 1 is 1.17 bits per heavy atom. The highest BCUT2D eigenvalue weighted by atomic mass is 32.1. The number of benzene rings is 1. The molecular weight excluding hydrogens is 392 g/mol. The maximum atomic E-state index is 13.5. The average Bonchev–Trinajstić information content (AvgIpc) is 3.25. The van der Waals surface area contributed by atoms with Crippen molar-refractivity contribution in [1.82, 2.24) is 9.80 Å². The molecule has 0 aliphatic carbocycles. The van der Waals surface area contributed by atoms with Crippen molar-refractivity contribution in [1.29, 1.82) is 0 Å². The smallest absolute Gasteiger partial charge is 0.243 e. The molecule has 0 bridgehead atoms. The number of unbranched alkanes of at least 4 members (excludes halogenated alkanes) is 2. The summed E-state index contributed by atoms with van der Waals surface area (Å²) in [6, 6.07) is 12.4. The number of thiophene rings is 1. The van der Waals surface area contributed by atoms with Crippen LogP contribution in [0.15, 0.2) is 41.8 Å². The standard InChI is InChI=1S/C25H34N2O2S/c1-4-6-8-13-23(28)27(19(3)5-2)18-24(29)26-16-14-22-21(15-17-30-22)25(26)20-11-9-7-10-12-20/h7,9-12,15,17,19,25H,4-6,8,13-14,16,18H2,1-3H3. The Morgan fingerprint density at radius 2 is 1.93 bits per heavy atom. The zero-order valence-corrected chi connectivity index (χ0v) is 19.3. The van der Waals surface area contributed by atoms with Crippen LogP contribution in [-0.2, 0) is 16.0 Å². The highest BCUT2D eigenvalue weighted by Gasteiger charge is 2.34. The molecule has 2 aromatic rings. The zero-order valence-electron chi connectivity index (χ0n) is 18.5. The predicted molar refractivity (Wildman–Crippen MR) is 124 cm³/mol. The van der Waals surface area contributed by atoms with E-state index in [2.05, 4.69) is 37.4 Å². The summed E-state index contributed by atoms with van der Waals surface area (Å²) in [6.45, 7) is 7.13. The number of nitrogens with zero attached hydrogens (tertiary/aromatic N) is 2. The van der Waals surface area contributed by atoms with E-state index in [0.29, 0.717) is 13.0 Å². The molecule has 0 spiro atoms. The van der Waals surface area contributed by atoms with Gasteiger partial charge in [-0.05, 0) is 48.8 Å². The minimum absolute atomic E-state index is 0.0462. The first-order chi connectivity index (χ1) is 14.6. The first-order valence-corrected chi connectivity index (χ1v) is 12.1. The fourth-order valence-corrected chi connectivity index (χ4v) is 5.10. The Kier molecular flexibility index (Phi) is 8.08. The summed E-state index contributed by atoms with van der Waals surface area (Å²) >= 11 is 1.77. The lowest BCUT2D eigenvalue weighted by molar-refractivity contribution is -0.143. The van der Waals surface area contributed by atoms with Gasteiger partial charge in [0.2, 0.25) is 11.8 Å². The van der Waals surface area contributed by atoms with Crippen molar-refractivity contribution in [3.63, 3.8) is 0 Å². The number of carbonyl (C=O) groups excluding carboxylic acids is 2. The van der Waals surface area contributed by atoms with E-state index < -0.39 is 0 Å². The molecule has 3 rings (SSSR count). The van der Waals surface area contributed by atoms with Crippen molar-refractivity contribution in [3.8, 4) is 0 Å². The number of amides is 2. The fourth-order valence-electron chi connectivity index (χ4n) is 4.20. The largest absolute Gasteiger partial charge is 0.331 e. The number of hydrogen-bond donors (Lipinski definition) is 0. The van der Waals surface area contributed by atoms with Crippen molar-refractivity contribution < 1.29 is 9.59 Å². The van der Waals surface area contributed by atoms with Gasteiger partial charge in [-0.2, -0.15) is 0 Å². The summed E-state index contributed by atoms with van der Waals surface area (Å²) in [5.74, 6) is 0.153. The van der Waals surface area contributed by atoms with Crippen molar-refractivity contribution in [2.75, 3.05) is 13.1 Å². The zero-order chi connectivity index (χ0) is 21.5. The minimum Gasteiger partial charge on any atom is -0.331 e. The van der Waals surface area contributed by atoms with E-state index in [1.807, 2.05) is 34.9 Å². The van der Waals surface area contributed by atoms with E-state index in [1.165, 1.54) is 10.4 Å². The maximum absolute atomic E-state index is 13.5. The van der Waals surface area contributed by atoms with Crippen LogP contribution in [0.3, 0.4) is 0 Å². The van der Waals surface area contributed by atoms with Crippen molar-refractivity contribution in [2.24, 2.45) is 0 Å². The van der Waals surface area contributed by atoms with Gasteiger partial charge in [-0.1, -0.05) is 57.0 Å². The molecule has 0 saturated heterocycles. The number of hydrogen-bond acceptors (Lipinski definition) is 3. The van der Waals surface area contributed by atoms with Gasteiger partial charge in [0.15, 0.2) is 0 Å².